The van der Waals surface area contributed by atoms with Gasteiger partial charge in [-0.05, 0) is 5.56 Å². The highest BCUT2D eigenvalue weighted by atomic mass is 79.9. The van der Waals surface area contributed by atoms with Gasteiger partial charge in [0.05, 0.1) is 3.74 Å². The van der Waals surface area contributed by atoms with E-state index in [1.54, 1.807) is 24.3 Å². The third-order valence-electron chi connectivity index (χ3n) is 2.09. The zero-order valence-electron chi connectivity index (χ0n) is 8.58. The Labute approximate surface area is 117 Å². The van der Waals surface area contributed by atoms with Crippen LogP contribution in [0.25, 0.3) is 11.4 Å². The second-order valence-electron chi connectivity index (χ2n) is 3.34. The van der Waals surface area contributed by atoms with Gasteiger partial charge in [-0.3, -0.25) is 0 Å². The Morgan fingerprint density at radius 2 is 1.72 bits per heavy atom. The molecule has 3 nitrogen and oxygen atoms in total. The molecule has 18 heavy (non-hydrogen) atoms. The van der Waals surface area contributed by atoms with Crippen molar-refractivity contribution in [3.8, 4) is 11.4 Å². The molecule has 0 atom stereocenters. The lowest BCUT2D eigenvalue weighted by Gasteiger charge is -2.01. The highest BCUT2D eigenvalue weighted by Gasteiger charge is 2.38. The van der Waals surface area contributed by atoms with Gasteiger partial charge in [-0.25, -0.2) is 0 Å². The van der Waals surface area contributed by atoms with Gasteiger partial charge < -0.3 is 4.52 Å². The van der Waals surface area contributed by atoms with E-state index in [-0.39, 0.29) is 9.56 Å². The highest BCUT2D eigenvalue weighted by molar-refractivity contribution is 9.24. The average Bonchev–Trinajstić information content (AvgIpc) is 2.78. The number of rotatable bonds is 2. The maximum Gasteiger partial charge on any atom is 0.471 e. The fourth-order valence-electron chi connectivity index (χ4n) is 1.23. The smallest absolute Gasteiger partial charge is 0.329 e. The molecule has 1 heterocycles. The molecule has 8 heteroatoms. The van der Waals surface area contributed by atoms with E-state index in [1.807, 2.05) is 0 Å². The van der Waals surface area contributed by atoms with Crippen LogP contribution in [0.1, 0.15) is 15.2 Å². The zero-order chi connectivity index (χ0) is 13.3. The van der Waals surface area contributed by atoms with E-state index in [4.69, 9.17) is 0 Å². The number of nitrogens with zero attached hydrogens (tertiary/aromatic N) is 2. The van der Waals surface area contributed by atoms with Gasteiger partial charge >= 0.3 is 12.1 Å². The number of benzene rings is 1. The van der Waals surface area contributed by atoms with Gasteiger partial charge in [0.2, 0.25) is 5.82 Å². The maximum atomic E-state index is 12.3. The number of hydrogen-bond acceptors (Lipinski definition) is 3. The SMILES string of the molecule is FC(F)(F)c1nc(-c2ccc(C(Br)Br)cc2)no1. The second-order valence-corrected chi connectivity index (χ2v) is 6.40. The summed E-state index contributed by atoms with van der Waals surface area (Å²) in [6.07, 6.45) is -4.62. The summed E-state index contributed by atoms with van der Waals surface area (Å²) in [4.78, 5) is 3.30. The minimum absolute atomic E-state index is 0.0185. The molecule has 0 spiro atoms. The largest absolute Gasteiger partial charge is 0.471 e. The Balaban J connectivity index is 2.29. The predicted molar refractivity (Wildman–Crippen MR) is 65.3 cm³/mol. The van der Waals surface area contributed by atoms with Crippen LogP contribution in [0.4, 0.5) is 13.2 Å². The Morgan fingerprint density at radius 3 is 2.17 bits per heavy atom. The zero-order valence-corrected chi connectivity index (χ0v) is 11.8. The van der Waals surface area contributed by atoms with Crippen molar-refractivity contribution in [2.24, 2.45) is 0 Å². The van der Waals surface area contributed by atoms with E-state index in [2.05, 4.69) is 46.5 Å². The summed E-state index contributed by atoms with van der Waals surface area (Å²) in [6, 6.07) is 6.73. The van der Waals surface area contributed by atoms with Gasteiger partial charge in [-0.15, -0.1) is 0 Å². The number of halogens is 5. The normalized spacial score (nSPS) is 12.1. The first-order valence-electron chi connectivity index (χ1n) is 4.67. The molecule has 0 unspecified atom stereocenters. The fraction of sp³-hybridized carbons (Fsp3) is 0.200. The molecule has 0 fully saturated rings. The third kappa shape index (κ3) is 2.92. The van der Waals surface area contributed by atoms with E-state index >= 15 is 0 Å². The Bertz CT molecular complexity index is 537. The first kappa shape index (κ1) is 13.5. The molecule has 0 aliphatic rings. The lowest BCUT2D eigenvalue weighted by atomic mass is 10.1. The molecule has 1 aromatic carbocycles. The lowest BCUT2D eigenvalue weighted by molar-refractivity contribution is -0.159. The van der Waals surface area contributed by atoms with Gasteiger partial charge in [-0.1, -0.05) is 61.3 Å². The maximum absolute atomic E-state index is 12.3. The summed E-state index contributed by atoms with van der Waals surface area (Å²) >= 11 is 6.62. The molecule has 0 saturated carbocycles. The predicted octanol–water partition coefficient (Wildman–Crippen LogP) is 4.54. The van der Waals surface area contributed by atoms with Crippen LogP contribution >= 0.6 is 31.9 Å². The van der Waals surface area contributed by atoms with Crippen molar-refractivity contribution in [1.29, 1.82) is 0 Å². The number of aromatic nitrogens is 2. The van der Waals surface area contributed by atoms with E-state index in [0.717, 1.165) is 5.56 Å². The number of alkyl halides is 5. The molecule has 0 N–H and O–H groups in total. The summed E-state index contributed by atoms with van der Waals surface area (Å²) in [7, 11) is 0. The molecule has 1 aromatic heterocycles. The minimum Gasteiger partial charge on any atom is -0.329 e. The van der Waals surface area contributed by atoms with E-state index in [0.29, 0.717) is 5.56 Å². The second kappa shape index (κ2) is 5.00. The molecule has 0 saturated heterocycles. The fourth-order valence-corrected chi connectivity index (χ4v) is 1.84. The monoisotopic (exact) mass is 384 g/mol. The van der Waals surface area contributed by atoms with Crippen molar-refractivity contribution in [1.82, 2.24) is 10.1 Å². The van der Waals surface area contributed by atoms with E-state index in [1.165, 1.54) is 0 Å². The molecule has 0 bridgehead atoms. The molecule has 0 amide bonds. The topological polar surface area (TPSA) is 38.9 Å². The van der Waals surface area contributed by atoms with Crippen LogP contribution in [-0.2, 0) is 6.18 Å². The molecule has 0 radical (unpaired) electrons. The Hall–Kier alpha value is -0.890. The number of hydrogen-bond donors (Lipinski definition) is 0. The van der Waals surface area contributed by atoms with Crippen LogP contribution in [0, 0.1) is 0 Å². The summed E-state index contributed by atoms with van der Waals surface area (Å²) in [5.74, 6) is -1.44. The van der Waals surface area contributed by atoms with Crippen LogP contribution in [-0.4, -0.2) is 10.1 Å². The molecule has 2 rings (SSSR count). The third-order valence-corrected chi connectivity index (χ3v) is 3.15. The highest BCUT2D eigenvalue weighted by Crippen LogP contribution is 2.32. The van der Waals surface area contributed by atoms with Gasteiger partial charge in [0.1, 0.15) is 0 Å². The van der Waals surface area contributed by atoms with E-state index < -0.39 is 12.1 Å². The van der Waals surface area contributed by atoms with Crippen molar-refractivity contribution in [3.05, 3.63) is 35.7 Å². The van der Waals surface area contributed by atoms with Crippen LogP contribution in [0.3, 0.4) is 0 Å². The van der Waals surface area contributed by atoms with Crippen LogP contribution in [0.2, 0.25) is 0 Å². The summed E-state index contributed by atoms with van der Waals surface area (Å²) in [6.45, 7) is 0. The standard InChI is InChI=1S/C10H5Br2F3N2O/c11-7(12)5-1-3-6(4-2-5)8-16-9(18-17-8)10(13,14)15/h1-4,7H. The molecule has 96 valence electrons. The molecular formula is C10H5Br2F3N2O. The van der Waals surface area contributed by atoms with Gasteiger partial charge in [0.25, 0.3) is 0 Å². The van der Waals surface area contributed by atoms with Gasteiger partial charge in [-0.2, -0.15) is 18.2 Å². The molecule has 2 aromatic rings. The molecule has 0 aliphatic carbocycles. The van der Waals surface area contributed by atoms with Crippen LogP contribution in [0.15, 0.2) is 28.8 Å². The summed E-state index contributed by atoms with van der Waals surface area (Å²) in [5, 5.41) is 3.30. The Kier molecular flexibility index (Phi) is 3.76. The van der Waals surface area contributed by atoms with Crippen molar-refractivity contribution in [2.45, 2.75) is 9.91 Å². The lowest BCUT2D eigenvalue weighted by Crippen LogP contribution is -2.04. The van der Waals surface area contributed by atoms with E-state index in [9.17, 15) is 13.2 Å². The van der Waals surface area contributed by atoms with Crippen molar-refractivity contribution in [3.63, 3.8) is 0 Å². The summed E-state index contributed by atoms with van der Waals surface area (Å²) < 4.78 is 41.0. The average molecular weight is 386 g/mol. The van der Waals surface area contributed by atoms with Gasteiger partial charge in [0.15, 0.2) is 0 Å². The van der Waals surface area contributed by atoms with Crippen LogP contribution < -0.4 is 0 Å². The van der Waals surface area contributed by atoms with Crippen molar-refractivity contribution >= 4 is 31.9 Å². The Morgan fingerprint density at radius 1 is 1.11 bits per heavy atom. The quantitative estimate of drug-likeness (QED) is 0.712. The minimum atomic E-state index is -4.62. The summed E-state index contributed by atoms with van der Waals surface area (Å²) in [5.41, 5.74) is 1.39. The first-order valence-corrected chi connectivity index (χ1v) is 6.50. The van der Waals surface area contributed by atoms with Crippen molar-refractivity contribution in [2.75, 3.05) is 0 Å². The van der Waals surface area contributed by atoms with Crippen LogP contribution in [0.5, 0.6) is 0 Å². The molecule has 0 aliphatic heterocycles. The molecular weight excluding hydrogens is 381 g/mol. The van der Waals surface area contributed by atoms with Crippen molar-refractivity contribution < 1.29 is 17.7 Å². The first-order chi connectivity index (χ1) is 8.38. The van der Waals surface area contributed by atoms with Gasteiger partial charge in [0, 0.05) is 5.56 Å².